The first kappa shape index (κ1) is 20.3. The molecule has 10 heteroatoms. The third-order valence-corrected chi connectivity index (χ3v) is 4.59. The maximum atomic E-state index is 14.0. The van der Waals surface area contributed by atoms with Gasteiger partial charge in [0.15, 0.2) is 11.6 Å². The molecule has 0 spiro atoms. The summed E-state index contributed by atoms with van der Waals surface area (Å²) in [6, 6.07) is 8.70. The van der Waals surface area contributed by atoms with Crippen molar-refractivity contribution < 1.29 is 31.5 Å². The third-order valence-electron chi connectivity index (χ3n) is 3.48. The van der Waals surface area contributed by atoms with Gasteiger partial charge in [-0.05, 0) is 24.3 Å². The van der Waals surface area contributed by atoms with Gasteiger partial charge in [-0.2, -0.15) is 0 Å². The van der Waals surface area contributed by atoms with E-state index in [-0.39, 0.29) is 11.3 Å². The van der Waals surface area contributed by atoms with Gasteiger partial charge in [0.1, 0.15) is 12.2 Å². The summed E-state index contributed by atoms with van der Waals surface area (Å²) in [6.07, 6.45) is 0.717. The first-order valence-corrected chi connectivity index (χ1v) is 9.39. The van der Waals surface area contributed by atoms with Gasteiger partial charge in [0.2, 0.25) is 15.9 Å². The lowest BCUT2D eigenvalue weighted by Crippen LogP contribution is -2.38. The maximum absolute atomic E-state index is 14.0. The standard InChI is InChI=1S/C17H16F2N2O5S/c1-26-17(23)11-6-3-4-9-14(11)20-15(22)10-21(27(2,24)25)16-12(18)7-5-8-13(16)19/h3-9H,10H2,1-2H3,(H,20,22). The highest BCUT2D eigenvalue weighted by atomic mass is 32.2. The Balaban J connectivity index is 2.33. The van der Waals surface area contributed by atoms with E-state index in [1.165, 1.54) is 18.2 Å². The van der Waals surface area contributed by atoms with Crippen LogP contribution in [-0.2, 0) is 19.6 Å². The molecule has 0 bridgehead atoms. The molecule has 0 saturated carbocycles. The van der Waals surface area contributed by atoms with E-state index in [0.717, 1.165) is 25.3 Å². The van der Waals surface area contributed by atoms with Crippen LogP contribution in [0.3, 0.4) is 0 Å². The second kappa shape index (κ2) is 8.12. The predicted molar refractivity (Wildman–Crippen MR) is 95.0 cm³/mol. The minimum atomic E-state index is -4.18. The predicted octanol–water partition coefficient (Wildman–Crippen LogP) is 2.16. The Morgan fingerprint density at radius 2 is 1.67 bits per heavy atom. The molecule has 0 aromatic heterocycles. The van der Waals surface area contributed by atoms with Crippen LogP contribution in [0.25, 0.3) is 0 Å². The molecule has 0 heterocycles. The topological polar surface area (TPSA) is 92.8 Å². The Hall–Kier alpha value is -3.01. The second-order valence-corrected chi connectivity index (χ2v) is 7.33. The van der Waals surface area contributed by atoms with E-state index in [1.807, 2.05) is 0 Å². The number of hydrogen-bond donors (Lipinski definition) is 1. The van der Waals surface area contributed by atoms with E-state index >= 15 is 0 Å². The molecule has 0 aliphatic heterocycles. The van der Waals surface area contributed by atoms with Gasteiger partial charge in [0, 0.05) is 0 Å². The number of esters is 1. The van der Waals surface area contributed by atoms with Crippen LogP contribution >= 0.6 is 0 Å². The summed E-state index contributed by atoms with van der Waals surface area (Å²) >= 11 is 0. The van der Waals surface area contributed by atoms with Gasteiger partial charge < -0.3 is 10.1 Å². The molecule has 2 aromatic carbocycles. The van der Waals surface area contributed by atoms with Crippen molar-refractivity contribution in [3.05, 3.63) is 59.7 Å². The highest BCUT2D eigenvalue weighted by Crippen LogP contribution is 2.25. The third kappa shape index (κ3) is 4.79. The summed E-state index contributed by atoms with van der Waals surface area (Å²) in [5.41, 5.74) is -0.760. The number of ether oxygens (including phenoxy) is 1. The molecule has 0 saturated heterocycles. The molecule has 0 aliphatic carbocycles. The van der Waals surface area contributed by atoms with Crippen LogP contribution in [0, 0.1) is 11.6 Å². The number of hydrogen-bond acceptors (Lipinski definition) is 5. The highest BCUT2D eigenvalue weighted by molar-refractivity contribution is 7.92. The van der Waals surface area contributed by atoms with Gasteiger partial charge >= 0.3 is 5.97 Å². The number of halogens is 2. The fraction of sp³-hybridized carbons (Fsp3) is 0.176. The number of amides is 1. The molecule has 2 aromatic rings. The van der Waals surface area contributed by atoms with E-state index in [9.17, 15) is 26.8 Å². The molecule has 1 amide bonds. The number of rotatable bonds is 6. The minimum Gasteiger partial charge on any atom is -0.465 e. The van der Waals surface area contributed by atoms with Crippen LogP contribution in [0.2, 0.25) is 0 Å². The SMILES string of the molecule is COC(=O)c1ccccc1NC(=O)CN(c1c(F)cccc1F)S(C)(=O)=O. The second-order valence-electron chi connectivity index (χ2n) is 5.43. The molecule has 0 fully saturated rings. The van der Waals surface area contributed by atoms with Gasteiger partial charge in [-0.15, -0.1) is 0 Å². The van der Waals surface area contributed by atoms with Crippen LogP contribution in [0.4, 0.5) is 20.2 Å². The number of nitrogens with zero attached hydrogens (tertiary/aromatic N) is 1. The van der Waals surface area contributed by atoms with Gasteiger partial charge in [-0.1, -0.05) is 18.2 Å². The number of anilines is 2. The molecule has 2 rings (SSSR count). The number of para-hydroxylation sites is 2. The van der Waals surface area contributed by atoms with Crippen LogP contribution < -0.4 is 9.62 Å². The van der Waals surface area contributed by atoms with Crippen molar-refractivity contribution in [2.24, 2.45) is 0 Å². The van der Waals surface area contributed by atoms with Crippen molar-refractivity contribution in [2.45, 2.75) is 0 Å². The van der Waals surface area contributed by atoms with Gasteiger partial charge in [-0.3, -0.25) is 9.10 Å². The first-order valence-electron chi connectivity index (χ1n) is 7.54. The van der Waals surface area contributed by atoms with Crippen LogP contribution in [0.5, 0.6) is 0 Å². The van der Waals surface area contributed by atoms with Gasteiger partial charge in [0.25, 0.3) is 0 Å². The average Bonchev–Trinajstić information content (AvgIpc) is 2.59. The highest BCUT2D eigenvalue weighted by Gasteiger charge is 2.27. The van der Waals surface area contributed by atoms with Crippen LogP contribution in [-0.4, -0.2) is 40.2 Å². The zero-order valence-corrected chi connectivity index (χ0v) is 15.2. The Labute approximate surface area is 154 Å². The van der Waals surface area contributed by atoms with Crippen molar-refractivity contribution in [1.82, 2.24) is 0 Å². The summed E-state index contributed by atoms with van der Waals surface area (Å²) < 4.78 is 56.9. The smallest absolute Gasteiger partial charge is 0.339 e. The van der Waals surface area contributed by atoms with Gasteiger partial charge in [-0.25, -0.2) is 22.0 Å². The zero-order valence-electron chi connectivity index (χ0n) is 14.4. The molecular formula is C17H16F2N2O5S. The Morgan fingerprint density at radius 3 is 2.22 bits per heavy atom. The number of nitrogens with one attached hydrogen (secondary N) is 1. The molecule has 1 N–H and O–H groups in total. The Bertz CT molecular complexity index is 959. The number of carbonyl (C=O) groups is 2. The van der Waals surface area contributed by atoms with Crippen LogP contribution in [0.1, 0.15) is 10.4 Å². The molecule has 0 radical (unpaired) electrons. The summed E-state index contributed by atoms with van der Waals surface area (Å²) in [4.78, 5) is 24.0. The molecule has 27 heavy (non-hydrogen) atoms. The van der Waals surface area contributed by atoms with Crippen molar-refractivity contribution in [3.63, 3.8) is 0 Å². The zero-order chi connectivity index (χ0) is 20.2. The maximum Gasteiger partial charge on any atom is 0.339 e. The number of sulfonamides is 1. The lowest BCUT2D eigenvalue weighted by atomic mass is 10.2. The quantitative estimate of drug-likeness (QED) is 0.753. The monoisotopic (exact) mass is 398 g/mol. The summed E-state index contributed by atoms with van der Waals surface area (Å²) in [5.74, 6) is -3.89. The summed E-state index contributed by atoms with van der Waals surface area (Å²) in [7, 11) is -3.02. The normalized spacial score (nSPS) is 11.0. The molecule has 0 atom stereocenters. The Morgan fingerprint density at radius 1 is 1.07 bits per heavy atom. The van der Waals surface area contributed by atoms with Crippen molar-refractivity contribution in [3.8, 4) is 0 Å². The van der Waals surface area contributed by atoms with Crippen molar-refractivity contribution >= 4 is 33.3 Å². The number of carbonyl (C=O) groups excluding carboxylic acids is 2. The fourth-order valence-electron chi connectivity index (χ4n) is 2.29. The largest absolute Gasteiger partial charge is 0.465 e. The van der Waals surface area contributed by atoms with Crippen LogP contribution in [0.15, 0.2) is 42.5 Å². The molecule has 7 nitrogen and oxygen atoms in total. The van der Waals surface area contributed by atoms with E-state index < -0.39 is 45.8 Å². The lowest BCUT2D eigenvalue weighted by Gasteiger charge is -2.23. The van der Waals surface area contributed by atoms with E-state index in [2.05, 4.69) is 10.1 Å². The number of benzene rings is 2. The van der Waals surface area contributed by atoms with Crippen molar-refractivity contribution in [1.29, 1.82) is 0 Å². The summed E-state index contributed by atoms with van der Waals surface area (Å²) in [6.45, 7) is -0.897. The van der Waals surface area contributed by atoms with E-state index in [0.29, 0.717) is 10.6 Å². The first-order chi connectivity index (χ1) is 12.6. The molecule has 0 aliphatic rings. The lowest BCUT2D eigenvalue weighted by molar-refractivity contribution is -0.114. The van der Waals surface area contributed by atoms with E-state index in [1.54, 1.807) is 6.07 Å². The minimum absolute atomic E-state index is 0.0383. The Kier molecular flexibility index (Phi) is 6.11. The fourth-order valence-corrected chi connectivity index (χ4v) is 3.15. The molecular weight excluding hydrogens is 382 g/mol. The van der Waals surface area contributed by atoms with E-state index in [4.69, 9.17) is 0 Å². The van der Waals surface area contributed by atoms with Crippen molar-refractivity contribution in [2.75, 3.05) is 29.5 Å². The summed E-state index contributed by atoms with van der Waals surface area (Å²) in [5, 5.41) is 2.35. The molecule has 144 valence electrons. The molecule has 0 unspecified atom stereocenters. The van der Waals surface area contributed by atoms with Gasteiger partial charge in [0.05, 0.1) is 24.6 Å². The average molecular weight is 398 g/mol. The number of methoxy groups -OCH3 is 1.